The average Bonchev–Trinajstić information content (AvgIpc) is 3.27. The molecule has 1 atom stereocenters. The van der Waals surface area contributed by atoms with Crippen molar-refractivity contribution >= 4 is 22.8 Å². The fourth-order valence-electron chi connectivity index (χ4n) is 5.20. The van der Waals surface area contributed by atoms with Crippen molar-refractivity contribution in [2.24, 2.45) is 11.8 Å². The van der Waals surface area contributed by atoms with Gasteiger partial charge < -0.3 is 9.30 Å². The van der Waals surface area contributed by atoms with E-state index in [1.54, 1.807) is 31.6 Å². The van der Waals surface area contributed by atoms with Crippen molar-refractivity contribution in [1.82, 2.24) is 24.5 Å². The normalized spacial score (nSPS) is 18.3. The summed E-state index contributed by atoms with van der Waals surface area (Å²) in [5.74, 6) is 1.80. The van der Waals surface area contributed by atoms with E-state index in [1.807, 2.05) is 18.2 Å². The molecule has 1 saturated carbocycles. The van der Waals surface area contributed by atoms with Crippen LogP contribution in [0.15, 0.2) is 42.7 Å². The largest absolute Gasteiger partial charge is 0.369 e. The second-order valence-electron chi connectivity index (χ2n) is 9.59. The third kappa shape index (κ3) is 4.91. The van der Waals surface area contributed by atoms with Crippen molar-refractivity contribution in [1.29, 1.82) is 10.5 Å². The van der Waals surface area contributed by atoms with Gasteiger partial charge in [0.15, 0.2) is 5.65 Å². The third-order valence-corrected chi connectivity index (χ3v) is 7.33. The number of fused-ring (bicyclic) bond motifs is 1. The molecule has 0 radical (unpaired) electrons. The number of ether oxygens (including phenoxy) is 1. The Morgan fingerprint density at radius 3 is 2.57 bits per heavy atom. The maximum Gasteiger partial charge on any atom is 0.234 e. The predicted molar refractivity (Wildman–Crippen MR) is 139 cm³/mol. The molecular weight excluding hydrogens is 486 g/mol. The number of hydrogen-bond acceptors (Lipinski definition) is 7. The topological polar surface area (TPSA) is 113 Å². The Kier molecular flexibility index (Phi) is 7.14. The lowest BCUT2D eigenvalue weighted by molar-refractivity contribution is 0.124. The molecule has 5 rings (SSSR count). The lowest BCUT2D eigenvalue weighted by Crippen LogP contribution is -2.21. The molecule has 1 unspecified atom stereocenters. The molecule has 9 heteroatoms. The Balaban J connectivity index is 1.77. The molecule has 0 saturated heterocycles. The van der Waals surface area contributed by atoms with E-state index in [1.165, 1.54) is 12.8 Å². The number of methoxy groups -OCH3 is 1. The van der Waals surface area contributed by atoms with E-state index in [4.69, 9.17) is 21.3 Å². The molecule has 1 aliphatic rings. The van der Waals surface area contributed by atoms with Gasteiger partial charge in [-0.2, -0.15) is 15.5 Å². The fourth-order valence-corrected chi connectivity index (χ4v) is 5.37. The lowest BCUT2D eigenvalue weighted by Gasteiger charge is -2.28. The highest BCUT2D eigenvalue weighted by Gasteiger charge is 2.29. The molecule has 1 fully saturated rings. The Morgan fingerprint density at radius 1 is 1.08 bits per heavy atom. The van der Waals surface area contributed by atoms with Crippen LogP contribution in [0.25, 0.3) is 22.4 Å². The summed E-state index contributed by atoms with van der Waals surface area (Å²) >= 11 is 6.28. The number of aromatic nitrogens is 5. The molecule has 1 aliphatic carbocycles. The monoisotopic (exact) mass is 511 g/mol. The molecule has 4 aromatic rings. The van der Waals surface area contributed by atoms with Gasteiger partial charge in [-0.1, -0.05) is 49.6 Å². The second kappa shape index (κ2) is 10.6. The van der Waals surface area contributed by atoms with Gasteiger partial charge in [-0.3, -0.25) is 4.98 Å². The van der Waals surface area contributed by atoms with Crippen LogP contribution in [0.2, 0.25) is 5.02 Å². The van der Waals surface area contributed by atoms with E-state index in [-0.39, 0.29) is 5.82 Å². The minimum atomic E-state index is -0.608. The minimum Gasteiger partial charge on any atom is -0.369 e. The summed E-state index contributed by atoms with van der Waals surface area (Å²) < 4.78 is 8.10. The highest BCUT2D eigenvalue weighted by Crippen LogP contribution is 2.37. The highest BCUT2D eigenvalue weighted by molar-refractivity contribution is 6.30. The third-order valence-electron chi connectivity index (χ3n) is 7.12. The molecule has 3 heterocycles. The van der Waals surface area contributed by atoms with E-state index in [0.717, 1.165) is 24.3 Å². The lowest BCUT2D eigenvalue weighted by atomic mass is 9.83. The quantitative estimate of drug-likeness (QED) is 0.319. The van der Waals surface area contributed by atoms with Gasteiger partial charge >= 0.3 is 0 Å². The van der Waals surface area contributed by atoms with Gasteiger partial charge in [-0.15, -0.1) is 0 Å². The minimum absolute atomic E-state index is 0.0107. The molecule has 0 spiro atoms. The highest BCUT2D eigenvalue weighted by atomic mass is 35.5. The van der Waals surface area contributed by atoms with Crippen molar-refractivity contribution in [3.8, 4) is 23.4 Å². The molecule has 186 valence electrons. The van der Waals surface area contributed by atoms with E-state index in [2.05, 4.69) is 38.6 Å². The zero-order valence-corrected chi connectivity index (χ0v) is 21.5. The first-order valence-electron chi connectivity index (χ1n) is 12.3. The van der Waals surface area contributed by atoms with Gasteiger partial charge in [0, 0.05) is 37.2 Å². The summed E-state index contributed by atoms with van der Waals surface area (Å²) in [6.07, 6.45) is 7.20. The van der Waals surface area contributed by atoms with Gasteiger partial charge in [0.25, 0.3) is 0 Å². The first-order chi connectivity index (χ1) is 18.0. The van der Waals surface area contributed by atoms with Gasteiger partial charge in [0.05, 0.1) is 16.7 Å². The number of nitrogens with zero attached hydrogens (tertiary/aromatic N) is 7. The molecule has 8 nitrogen and oxygen atoms in total. The molecule has 0 amide bonds. The zero-order chi connectivity index (χ0) is 25.9. The van der Waals surface area contributed by atoms with Crippen LogP contribution in [0, 0.1) is 34.5 Å². The average molecular weight is 512 g/mol. The molecule has 0 bridgehead atoms. The van der Waals surface area contributed by atoms with Crippen molar-refractivity contribution in [2.45, 2.75) is 45.3 Å². The summed E-state index contributed by atoms with van der Waals surface area (Å²) in [6.45, 7) is 3.00. The smallest absolute Gasteiger partial charge is 0.234 e. The van der Waals surface area contributed by atoms with Crippen molar-refractivity contribution in [3.05, 3.63) is 70.5 Å². The number of halogens is 1. The van der Waals surface area contributed by atoms with E-state index in [0.29, 0.717) is 51.3 Å². The number of imidazole rings is 1. The molecule has 0 N–H and O–H groups in total. The van der Waals surface area contributed by atoms with Gasteiger partial charge in [0.2, 0.25) is 5.82 Å². The van der Waals surface area contributed by atoms with E-state index in [9.17, 15) is 10.5 Å². The fraction of sp³-hybridized carbons (Fsp3) is 0.357. The summed E-state index contributed by atoms with van der Waals surface area (Å²) in [6, 6.07) is 13.5. The van der Waals surface area contributed by atoms with Crippen LogP contribution in [0.3, 0.4) is 0 Å². The van der Waals surface area contributed by atoms with E-state index < -0.39 is 6.10 Å². The summed E-state index contributed by atoms with van der Waals surface area (Å²) in [5, 5.41) is 19.9. The van der Waals surface area contributed by atoms with Gasteiger partial charge in [-0.05, 0) is 36.8 Å². The van der Waals surface area contributed by atoms with Gasteiger partial charge in [0.1, 0.15) is 29.2 Å². The number of rotatable bonds is 6. The maximum atomic E-state index is 9.78. The summed E-state index contributed by atoms with van der Waals surface area (Å²) in [7, 11) is 1.61. The van der Waals surface area contributed by atoms with Crippen molar-refractivity contribution in [3.63, 3.8) is 0 Å². The summed E-state index contributed by atoms with van der Waals surface area (Å²) in [5.41, 5.74) is 3.56. The Bertz CT molecular complexity index is 1530. The van der Waals surface area contributed by atoms with Crippen LogP contribution >= 0.6 is 11.6 Å². The van der Waals surface area contributed by atoms with Crippen molar-refractivity contribution in [2.75, 3.05) is 7.11 Å². The summed E-state index contributed by atoms with van der Waals surface area (Å²) in [4.78, 5) is 18.2. The van der Waals surface area contributed by atoms with Crippen LogP contribution < -0.4 is 0 Å². The van der Waals surface area contributed by atoms with Crippen LogP contribution in [0.5, 0.6) is 0 Å². The number of pyridine rings is 1. The maximum absolute atomic E-state index is 9.78. The molecule has 3 aromatic heterocycles. The number of hydrogen-bond donors (Lipinski definition) is 0. The predicted octanol–water partition coefficient (Wildman–Crippen LogP) is 5.85. The standard InChI is InChI=1S/C28H26ClN7O/c1-17-7-9-18(10-8-17)16-36-25-24(20-11-21(29)15-32-14-20)33-23(13-31)34-27(25)35-28(36)26(37-2)22-6-4-3-5-19(22)12-30/h3-6,11,14-15,17-18,26H,7-10,16H2,1-2H3. The van der Waals surface area contributed by atoms with Crippen LogP contribution in [-0.2, 0) is 11.3 Å². The SMILES string of the molecule is COC(c1ccccc1C#N)c1nc2nc(C#N)nc(-c3cncc(Cl)c3)c2n1CC1CCC(C)CC1. The molecule has 37 heavy (non-hydrogen) atoms. The van der Waals surface area contributed by atoms with Crippen LogP contribution in [0.4, 0.5) is 0 Å². The van der Waals surface area contributed by atoms with Crippen LogP contribution in [0.1, 0.15) is 61.5 Å². The molecular formula is C28H26ClN7O. The van der Waals surface area contributed by atoms with E-state index >= 15 is 0 Å². The first kappa shape index (κ1) is 24.8. The zero-order valence-electron chi connectivity index (χ0n) is 20.7. The van der Waals surface area contributed by atoms with Crippen LogP contribution in [-0.4, -0.2) is 31.6 Å². The molecule has 1 aromatic carbocycles. The Morgan fingerprint density at radius 2 is 1.86 bits per heavy atom. The van der Waals surface area contributed by atoms with Crippen molar-refractivity contribution < 1.29 is 4.74 Å². The second-order valence-corrected chi connectivity index (χ2v) is 10.0. The first-order valence-corrected chi connectivity index (χ1v) is 12.7. The Labute approximate surface area is 220 Å². The Hall–Kier alpha value is -3.85. The molecule has 0 aliphatic heterocycles. The van der Waals surface area contributed by atoms with Gasteiger partial charge in [-0.25, -0.2) is 9.97 Å². The number of nitriles is 2. The number of benzene rings is 1.